The molecule has 2 aromatic rings. The fraction of sp³-hybridized carbons (Fsp3) is 0.467. The van der Waals surface area contributed by atoms with Crippen LogP contribution >= 0.6 is 11.6 Å². The second-order valence-electron chi connectivity index (χ2n) is 5.38. The van der Waals surface area contributed by atoms with Gasteiger partial charge in [-0.15, -0.1) is 11.6 Å². The van der Waals surface area contributed by atoms with Crippen molar-refractivity contribution in [1.82, 2.24) is 9.55 Å². The molecule has 0 N–H and O–H groups in total. The third-order valence-corrected chi connectivity index (χ3v) is 4.11. The molecule has 98 valence electrons. The first-order valence-corrected chi connectivity index (χ1v) is 7.23. The number of aromatic nitrogens is 2. The van der Waals surface area contributed by atoms with Gasteiger partial charge in [-0.1, -0.05) is 6.92 Å². The number of aryl methyl sites for hydroxylation is 1. The van der Waals surface area contributed by atoms with E-state index in [1.165, 1.54) is 12.8 Å². The Morgan fingerprint density at radius 2 is 2.26 bits per heavy atom. The number of hydrogen-bond donors (Lipinski definition) is 0. The largest absolute Gasteiger partial charge is 0.325 e. The third kappa shape index (κ3) is 2.11. The molecule has 19 heavy (non-hydrogen) atoms. The van der Waals surface area contributed by atoms with Gasteiger partial charge in [0.05, 0.1) is 22.7 Å². The van der Waals surface area contributed by atoms with Gasteiger partial charge in [-0.3, -0.25) is 0 Å². The fourth-order valence-corrected chi connectivity index (χ4v) is 3.12. The van der Waals surface area contributed by atoms with Crippen LogP contribution in [0.4, 0.5) is 0 Å². The maximum Gasteiger partial charge on any atom is 0.111 e. The Bertz CT molecular complexity index is 647. The monoisotopic (exact) mass is 273 g/mol. The van der Waals surface area contributed by atoms with E-state index >= 15 is 0 Å². The Morgan fingerprint density at radius 3 is 2.89 bits per heavy atom. The molecule has 1 aliphatic rings. The number of imidazole rings is 1. The Kier molecular flexibility index (Phi) is 3.20. The molecule has 0 aliphatic heterocycles. The summed E-state index contributed by atoms with van der Waals surface area (Å²) in [6.45, 7) is 2.28. The number of rotatable bonds is 3. The van der Waals surface area contributed by atoms with Crippen molar-refractivity contribution < 1.29 is 0 Å². The molecule has 0 radical (unpaired) electrons. The minimum Gasteiger partial charge on any atom is -0.325 e. The number of alkyl halides is 1. The van der Waals surface area contributed by atoms with Crippen molar-refractivity contribution in [3.8, 4) is 6.07 Å². The van der Waals surface area contributed by atoms with Crippen molar-refractivity contribution in [3.63, 3.8) is 0 Å². The number of hydrogen-bond acceptors (Lipinski definition) is 2. The van der Waals surface area contributed by atoms with Gasteiger partial charge < -0.3 is 4.57 Å². The van der Waals surface area contributed by atoms with Gasteiger partial charge in [0.25, 0.3) is 0 Å². The summed E-state index contributed by atoms with van der Waals surface area (Å²) < 4.78 is 2.30. The highest BCUT2D eigenvalue weighted by Gasteiger charge is 2.29. The Labute approximate surface area is 117 Å². The maximum atomic E-state index is 9.05. The van der Waals surface area contributed by atoms with Gasteiger partial charge in [0.2, 0.25) is 0 Å². The molecule has 1 aromatic carbocycles. The van der Waals surface area contributed by atoms with E-state index in [1.54, 1.807) is 0 Å². The van der Waals surface area contributed by atoms with Gasteiger partial charge in [-0.25, -0.2) is 4.98 Å². The van der Waals surface area contributed by atoms with Gasteiger partial charge in [0, 0.05) is 18.3 Å². The lowest BCUT2D eigenvalue weighted by atomic mass is 9.81. The van der Waals surface area contributed by atoms with Crippen molar-refractivity contribution in [1.29, 1.82) is 5.26 Å². The maximum absolute atomic E-state index is 9.05. The van der Waals surface area contributed by atoms with E-state index in [1.807, 2.05) is 18.2 Å². The molecule has 4 heteroatoms. The minimum absolute atomic E-state index is 0.521. The minimum atomic E-state index is 0.521. The summed E-state index contributed by atoms with van der Waals surface area (Å²) in [5.74, 6) is 2.42. The van der Waals surface area contributed by atoms with E-state index in [0.29, 0.717) is 17.5 Å². The van der Waals surface area contributed by atoms with Gasteiger partial charge in [-0.2, -0.15) is 5.26 Å². The number of fused-ring (bicyclic) bond motifs is 1. The van der Waals surface area contributed by atoms with E-state index in [9.17, 15) is 0 Å². The smallest absolute Gasteiger partial charge is 0.111 e. The zero-order chi connectivity index (χ0) is 13.4. The first-order valence-electron chi connectivity index (χ1n) is 6.70. The molecular formula is C15H16ClN3. The van der Waals surface area contributed by atoms with E-state index in [2.05, 4.69) is 22.5 Å². The normalized spacial score (nSPS) is 22.2. The molecule has 1 aromatic heterocycles. The van der Waals surface area contributed by atoms with Crippen molar-refractivity contribution in [2.24, 2.45) is 5.92 Å². The van der Waals surface area contributed by atoms with Crippen molar-refractivity contribution >= 4 is 22.6 Å². The Morgan fingerprint density at radius 1 is 1.47 bits per heavy atom. The molecule has 0 amide bonds. The summed E-state index contributed by atoms with van der Waals surface area (Å²) in [6.07, 6.45) is 3.16. The van der Waals surface area contributed by atoms with Crippen LogP contribution in [0.1, 0.15) is 37.2 Å². The van der Waals surface area contributed by atoms with Crippen molar-refractivity contribution in [3.05, 3.63) is 29.6 Å². The molecule has 0 spiro atoms. The number of halogens is 1. The fourth-order valence-electron chi connectivity index (χ4n) is 2.95. The van der Waals surface area contributed by atoms with Crippen LogP contribution in [-0.4, -0.2) is 15.4 Å². The summed E-state index contributed by atoms with van der Waals surface area (Å²) >= 11 is 5.88. The molecule has 1 fully saturated rings. The summed E-state index contributed by atoms with van der Waals surface area (Å²) in [7, 11) is 0. The van der Waals surface area contributed by atoms with Crippen LogP contribution in [0.3, 0.4) is 0 Å². The molecule has 1 heterocycles. The van der Waals surface area contributed by atoms with Crippen LogP contribution in [-0.2, 0) is 6.42 Å². The molecule has 0 atom stereocenters. The first-order chi connectivity index (χ1) is 9.22. The summed E-state index contributed by atoms with van der Waals surface area (Å²) in [5.41, 5.74) is 2.74. The van der Waals surface area contributed by atoms with Gasteiger partial charge in [-0.05, 0) is 37.0 Å². The molecular weight excluding hydrogens is 258 g/mol. The third-order valence-electron chi connectivity index (χ3n) is 3.92. The van der Waals surface area contributed by atoms with E-state index in [-0.39, 0.29) is 0 Å². The van der Waals surface area contributed by atoms with Crippen LogP contribution in [0.25, 0.3) is 11.0 Å². The average molecular weight is 274 g/mol. The Hall–Kier alpha value is -1.53. The quantitative estimate of drug-likeness (QED) is 0.801. The summed E-state index contributed by atoms with van der Waals surface area (Å²) in [6, 6.07) is 8.43. The van der Waals surface area contributed by atoms with Crippen LogP contribution in [0.5, 0.6) is 0 Å². The SMILES string of the molecule is CC1CC(n2c(CCCl)nc3ccc(C#N)cc32)C1. The standard InChI is InChI=1S/C15H16ClN3/c1-10-6-12(7-10)19-14-8-11(9-17)2-3-13(14)18-15(19)4-5-16/h2-3,8,10,12H,4-7H2,1H3. The van der Waals surface area contributed by atoms with E-state index in [0.717, 1.165) is 29.2 Å². The molecule has 0 unspecified atom stereocenters. The van der Waals surface area contributed by atoms with Crippen LogP contribution in [0.2, 0.25) is 0 Å². The summed E-state index contributed by atoms with van der Waals surface area (Å²) in [5, 5.41) is 9.05. The highest BCUT2D eigenvalue weighted by Crippen LogP contribution is 2.40. The number of nitrogens with zero attached hydrogens (tertiary/aromatic N) is 3. The second-order valence-corrected chi connectivity index (χ2v) is 5.76. The molecule has 0 bridgehead atoms. The van der Waals surface area contributed by atoms with E-state index in [4.69, 9.17) is 16.9 Å². The van der Waals surface area contributed by atoms with Crippen molar-refractivity contribution in [2.45, 2.75) is 32.2 Å². The van der Waals surface area contributed by atoms with Crippen LogP contribution in [0.15, 0.2) is 18.2 Å². The van der Waals surface area contributed by atoms with E-state index < -0.39 is 0 Å². The topological polar surface area (TPSA) is 41.6 Å². The highest BCUT2D eigenvalue weighted by molar-refractivity contribution is 6.17. The zero-order valence-electron chi connectivity index (χ0n) is 10.9. The second kappa shape index (κ2) is 4.86. The highest BCUT2D eigenvalue weighted by atomic mass is 35.5. The Balaban J connectivity index is 2.13. The van der Waals surface area contributed by atoms with Crippen LogP contribution in [0, 0.1) is 17.2 Å². The predicted molar refractivity (Wildman–Crippen MR) is 76.3 cm³/mol. The molecule has 1 saturated carbocycles. The summed E-state index contributed by atoms with van der Waals surface area (Å²) in [4.78, 5) is 4.67. The number of nitriles is 1. The lowest BCUT2D eigenvalue weighted by Gasteiger charge is -2.35. The van der Waals surface area contributed by atoms with Gasteiger partial charge in [0.15, 0.2) is 0 Å². The molecule has 3 rings (SSSR count). The lowest BCUT2D eigenvalue weighted by Crippen LogP contribution is -2.26. The van der Waals surface area contributed by atoms with Crippen molar-refractivity contribution in [2.75, 3.05) is 5.88 Å². The molecule has 1 aliphatic carbocycles. The average Bonchev–Trinajstić information content (AvgIpc) is 2.72. The van der Waals surface area contributed by atoms with Gasteiger partial charge in [0.1, 0.15) is 5.82 Å². The lowest BCUT2D eigenvalue weighted by molar-refractivity contribution is 0.217. The predicted octanol–water partition coefficient (Wildman–Crippen LogP) is 3.66. The number of benzene rings is 1. The van der Waals surface area contributed by atoms with Crippen LogP contribution < -0.4 is 0 Å². The first kappa shape index (κ1) is 12.5. The van der Waals surface area contributed by atoms with Gasteiger partial charge >= 0.3 is 0 Å². The molecule has 0 saturated heterocycles. The zero-order valence-corrected chi connectivity index (χ0v) is 11.7. The molecule has 3 nitrogen and oxygen atoms in total.